The zero-order chi connectivity index (χ0) is 20.2. The highest BCUT2D eigenvalue weighted by atomic mass is 16.5. The van der Waals surface area contributed by atoms with Gasteiger partial charge in [-0.2, -0.15) is 0 Å². The maximum absolute atomic E-state index is 13.1. The summed E-state index contributed by atoms with van der Waals surface area (Å²) in [6, 6.07) is 11.3. The van der Waals surface area contributed by atoms with E-state index in [1.807, 2.05) is 24.3 Å². The van der Waals surface area contributed by atoms with Gasteiger partial charge < -0.3 is 19.2 Å². The third-order valence-electron chi connectivity index (χ3n) is 5.50. The number of pyridine rings is 1. The second-order valence-corrected chi connectivity index (χ2v) is 7.50. The van der Waals surface area contributed by atoms with Crippen LogP contribution in [0.3, 0.4) is 0 Å². The smallest absolute Gasteiger partial charge is 0.263 e. The van der Waals surface area contributed by atoms with Crippen molar-refractivity contribution < 1.29 is 9.53 Å². The van der Waals surface area contributed by atoms with Crippen LogP contribution in [0, 0.1) is 0 Å². The van der Waals surface area contributed by atoms with Crippen molar-refractivity contribution in [1.82, 2.24) is 19.4 Å². The third-order valence-corrected chi connectivity index (χ3v) is 5.50. The van der Waals surface area contributed by atoms with Crippen LogP contribution in [0.1, 0.15) is 41.4 Å². The molecule has 1 N–H and O–H groups in total. The van der Waals surface area contributed by atoms with Gasteiger partial charge in [0.15, 0.2) is 0 Å². The highest BCUT2D eigenvalue weighted by Gasteiger charge is 2.28. The number of nitrogens with one attached hydrogen (secondary N) is 1. The molecule has 0 radical (unpaired) electrons. The van der Waals surface area contributed by atoms with E-state index >= 15 is 0 Å². The molecule has 4 rings (SSSR count). The van der Waals surface area contributed by atoms with Gasteiger partial charge in [-0.25, -0.2) is 4.98 Å². The second-order valence-electron chi connectivity index (χ2n) is 7.50. The molecule has 3 aromatic rings. The van der Waals surface area contributed by atoms with Crippen molar-refractivity contribution in [3.8, 4) is 0 Å². The number of hydrogen-bond donors (Lipinski definition) is 1. The maximum atomic E-state index is 13.1. The first-order valence-electron chi connectivity index (χ1n) is 10.1. The molecule has 3 heterocycles. The van der Waals surface area contributed by atoms with Crippen LogP contribution in [-0.4, -0.2) is 52.1 Å². The number of imidazole rings is 1. The molecule has 0 bridgehead atoms. The number of benzene rings is 1. The van der Waals surface area contributed by atoms with Gasteiger partial charge in [0, 0.05) is 45.5 Å². The lowest BCUT2D eigenvalue weighted by molar-refractivity contribution is 0.0702. The number of ether oxygens (including phenoxy) is 1. The summed E-state index contributed by atoms with van der Waals surface area (Å²) in [5.41, 5.74) is 1.94. The molecule has 1 aliphatic rings. The summed E-state index contributed by atoms with van der Waals surface area (Å²) in [6.45, 7) is 2.34. The number of likely N-dealkylation sites (tertiary alicyclic amines) is 1. The normalized spacial score (nSPS) is 17.0. The van der Waals surface area contributed by atoms with E-state index < -0.39 is 0 Å². The highest BCUT2D eigenvalue weighted by Crippen LogP contribution is 2.27. The van der Waals surface area contributed by atoms with Gasteiger partial charge in [0.25, 0.3) is 11.5 Å². The minimum absolute atomic E-state index is 0.146. The molecule has 1 aromatic carbocycles. The zero-order valence-corrected chi connectivity index (χ0v) is 16.6. The summed E-state index contributed by atoms with van der Waals surface area (Å²) in [5, 5.41) is 0. The average Bonchev–Trinajstić information content (AvgIpc) is 3.19. The molecule has 0 spiro atoms. The summed E-state index contributed by atoms with van der Waals surface area (Å²) in [4.78, 5) is 35.8. The van der Waals surface area contributed by atoms with Gasteiger partial charge in [0.1, 0.15) is 11.4 Å². The van der Waals surface area contributed by atoms with Crippen LogP contribution in [0.2, 0.25) is 0 Å². The summed E-state index contributed by atoms with van der Waals surface area (Å²) in [6.07, 6.45) is 4.32. The summed E-state index contributed by atoms with van der Waals surface area (Å²) in [7, 11) is 1.64. The molecular formula is C22H26N4O3. The van der Waals surface area contributed by atoms with E-state index in [0.717, 1.165) is 36.1 Å². The van der Waals surface area contributed by atoms with Gasteiger partial charge in [-0.15, -0.1) is 0 Å². The SMILES string of the molecule is COCCCn1cccc(C(=O)N2CCCC(c3nc4ccccc4[nH]3)C2)c1=O. The topological polar surface area (TPSA) is 80.2 Å². The standard InChI is InChI=1S/C22H26N4O3/c1-29-14-6-13-25-11-5-8-17(21(25)27)22(28)26-12-4-7-16(15-26)20-23-18-9-2-3-10-19(18)24-20/h2-3,5,8-11,16H,4,6-7,12-15H2,1H3,(H,23,24). The van der Waals surface area contributed by atoms with Crippen LogP contribution >= 0.6 is 0 Å². The fourth-order valence-corrected chi connectivity index (χ4v) is 3.98. The van der Waals surface area contributed by atoms with Gasteiger partial charge in [0.05, 0.1) is 11.0 Å². The Bertz CT molecular complexity index is 1020. The molecule has 2 aromatic heterocycles. The first-order valence-corrected chi connectivity index (χ1v) is 10.1. The van der Waals surface area contributed by atoms with Crippen LogP contribution in [0.5, 0.6) is 0 Å². The second kappa shape index (κ2) is 8.61. The lowest BCUT2D eigenvalue weighted by Crippen LogP contribution is -2.42. The van der Waals surface area contributed by atoms with Gasteiger partial charge in [0.2, 0.25) is 0 Å². The molecule has 1 amide bonds. The predicted molar refractivity (Wildman–Crippen MR) is 111 cm³/mol. The van der Waals surface area contributed by atoms with E-state index in [9.17, 15) is 9.59 Å². The molecule has 1 aliphatic heterocycles. The number of aromatic nitrogens is 3. The fourth-order valence-electron chi connectivity index (χ4n) is 3.98. The van der Waals surface area contributed by atoms with Gasteiger partial charge in [-0.1, -0.05) is 12.1 Å². The van der Waals surface area contributed by atoms with E-state index in [1.165, 1.54) is 0 Å². The van der Waals surface area contributed by atoms with Crippen LogP contribution in [0.4, 0.5) is 0 Å². The van der Waals surface area contributed by atoms with Crippen molar-refractivity contribution in [2.75, 3.05) is 26.8 Å². The molecule has 0 saturated carbocycles. The first kappa shape index (κ1) is 19.4. The number of rotatable bonds is 6. The van der Waals surface area contributed by atoms with Crippen molar-refractivity contribution >= 4 is 16.9 Å². The maximum Gasteiger partial charge on any atom is 0.263 e. The number of para-hydroxylation sites is 2. The lowest BCUT2D eigenvalue weighted by atomic mass is 9.97. The van der Waals surface area contributed by atoms with Crippen molar-refractivity contribution in [1.29, 1.82) is 0 Å². The molecule has 29 heavy (non-hydrogen) atoms. The van der Waals surface area contributed by atoms with Crippen LogP contribution in [0.15, 0.2) is 47.4 Å². The Kier molecular flexibility index (Phi) is 5.76. The predicted octanol–water partition coefficient (Wildman–Crippen LogP) is 2.78. The monoisotopic (exact) mass is 394 g/mol. The largest absolute Gasteiger partial charge is 0.385 e. The Morgan fingerprint density at radius 3 is 2.97 bits per heavy atom. The summed E-state index contributed by atoms with van der Waals surface area (Å²) < 4.78 is 6.64. The lowest BCUT2D eigenvalue weighted by Gasteiger charge is -2.31. The van der Waals surface area contributed by atoms with E-state index in [0.29, 0.717) is 26.2 Å². The quantitative estimate of drug-likeness (QED) is 0.652. The van der Waals surface area contributed by atoms with E-state index in [4.69, 9.17) is 9.72 Å². The number of carbonyl (C=O) groups excluding carboxylic acids is 1. The molecule has 1 unspecified atom stereocenters. The van der Waals surface area contributed by atoms with Crippen LogP contribution in [-0.2, 0) is 11.3 Å². The molecule has 1 fully saturated rings. The molecule has 1 saturated heterocycles. The number of methoxy groups -OCH3 is 1. The number of carbonyl (C=O) groups is 1. The van der Waals surface area contributed by atoms with Crippen LogP contribution < -0.4 is 5.56 Å². The summed E-state index contributed by atoms with van der Waals surface area (Å²) >= 11 is 0. The first-order chi connectivity index (χ1) is 14.2. The minimum Gasteiger partial charge on any atom is -0.385 e. The van der Waals surface area contributed by atoms with Gasteiger partial charge in [-0.3, -0.25) is 9.59 Å². The number of hydrogen-bond acceptors (Lipinski definition) is 4. The summed E-state index contributed by atoms with van der Waals surface area (Å²) in [5.74, 6) is 0.860. The number of fused-ring (bicyclic) bond motifs is 1. The average molecular weight is 394 g/mol. The number of piperidine rings is 1. The van der Waals surface area contributed by atoms with Gasteiger partial charge >= 0.3 is 0 Å². The molecule has 7 nitrogen and oxygen atoms in total. The fraction of sp³-hybridized carbons (Fsp3) is 0.409. The number of nitrogens with zero attached hydrogens (tertiary/aromatic N) is 3. The Morgan fingerprint density at radius 1 is 1.28 bits per heavy atom. The van der Waals surface area contributed by atoms with Crippen molar-refractivity contribution in [3.63, 3.8) is 0 Å². The van der Waals surface area contributed by atoms with Crippen molar-refractivity contribution in [3.05, 3.63) is 64.3 Å². The van der Waals surface area contributed by atoms with Gasteiger partial charge in [-0.05, 0) is 43.5 Å². The highest BCUT2D eigenvalue weighted by molar-refractivity contribution is 5.94. The molecule has 0 aliphatic carbocycles. The molecule has 1 atom stereocenters. The van der Waals surface area contributed by atoms with Crippen LogP contribution in [0.25, 0.3) is 11.0 Å². The Labute approximate surface area is 169 Å². The number of H-pyrrole nitrogens is 1. The molecular weight excluding hydrogens is 368 g/mol. The Hall–Kier alpha value is -2.93. The number of amides is 1. The zero-order valence-electron chi connectivity index (χ0n) is 16.6. The van der Waals surface area contributed by atoms with E-state index in [-0.39, 0.29) is 22.9 Å². The number of aromatic amines is 1. The number of aryl methyl sites for hydroxylation is 1. The minimum atomic E-state index is -0.237. The van der Waals surface area contributed by atoms with Crippen molar-refractivity contribution in [2.24, 2.45) is 0 Å². The molecule has 7 heteroatoms. The van der Waals surface area contributed by atoms with E-state index in [2.05, 4.69) is 4.98 Å². The Morgan fingerprint density at radius 2 is 2.14 bits per heavy atom. The molecule has 152 valence electrons. The Balaban J connectivity index is 1.51. The third kappa shape index (κ3) is 4.10. The van der Waals surface area contributed by atoms with Crippen molar-refractivity contribution in [2.45, 2.75) is 31.7 Å². The van der Waals surface area contributed by atoms with E-state index in [1.54, 1.807) is 34.9 Å².